The van der Waals surface area contributed by atoms with Gasteiger partial charge >= 0.3 is 6.18 Å². The summed E-state index contributed by atoms with van der Waals surface area (Å²) in [6, 6.07) is 3.67. The Morgan fingerprint density at radius 1 is 1.15 bits per heavy atom. The van der Waals surface area contributed by atoms with Crippen molar-refractivity contribution < 1.29 is 17.9 Å². The van der Waals surface area contributed by atoms with Crippen LogP contribution < -0.4 is 10.5 Å². The van der Waals surface area contributed by atoms with Crippen LogP contribution in [0.5, 0.6) is 5.75 Å². The van der Waals surface area contributed by atoms with E-state index < -0.39 is 11.7 Å². The molecule has 1 aromatic carbocycles. The Hall–Kier alpha value is -1.43. The first-order chi connectivity index (χ1) is 9.47. The minimum absolute atomic E-state index is 0.212. The van der Waals surface area contributed by atoms with E-state index >= 15 is 0 Å². The molecule has 20 heavy (non-hydrogen) atoms. The summed E-state index contributed by atoms with van der Waals surface area (Å²) in [6.45, 7) is 3.21. The molecule has 0 unspecified atom stereocenters. The molecule has 0 radical (unpaired) electrons. The van der Waals surface area contributed by atoms with Crippen molar-refractivity contribution in [3.63, 3.8) is 0 Å². The number of halogens is 3. The summed E-state index contributed by atoms with van der Waals surface area (Å²) in [7, 11) is 0. The van der Waals surface area contributed by atoms with Gasteiger partial charge in [0.2, 0.25) is 0 Å². The summed E-state index contributed by atoms with van der Waals surface area (Å²) in [5, 5.41) is 0. The summed E-state index contributed by atoms with van der Waals surface area (Å²) < 4.78 is 43.5. The highest BCUT2D eigenvalue weighted by Crippen LogP contribution is 2.35. The molecule has 1 aromatic rings. The molecule has 1 saturated heterocycles. The summed E-state index contributed by atoms with van der Waals surface area (Å²) in [4.78, 5) is 2.27. The Labute approximate surface area is 116 Å². The van der Waals surface area contributed by atoms with E-state index in [0.717, 1.165) is 25.7 Å². The number of anilines is 1. The fourth-order valence-electron chi connectivity index (χ4n) is 2.35. The van der Waals surface area contributed by atoms with Gasteiger partial charge in [-0.1, -0.05) is 6.42 Å². The summed E-state index contributed by atoms with van der Waals surface area (Å²) in [5.74, 6) is 0.212. The number of rotatable bonds is 4. The second-order valence-electron chi connectivity index (χ2n) is 5.00. The largest absolute Gasteiger partial charge is 0.492 e. The molecule has 0 amide bonds. The van der Waals surface area contributed by atoms with E-state index in [9.17, 15) is 13.2 Å². The molecule has 0 aliphatic carbocycles. The van der Waals surface area contributed by atoms with E-state index in [-0.39, 0.29) is 11.4 Å². The van der Waals surface area contributed by atoms with E-state index in [2.05, 4.69) is 4.90 Å². The lowest BCUT2D eigenvalue weighted by Crippen LogP contribution is -2.33. The van der Waals surface area contributed by atoms with E-state index in [1.54, 1.807) is 0 Å². The van der Waals surface area contributed by atoms with Gasteiger partial charge < -0.3 is 10.5 Å². The predicted octanol–water partition coefficient (Wildman–Crippen LogP) is 3.15. The van der Waals surface area contributed by atoms with Gasteiger partial charge in [-0.15, -0.1) is 0 Å². The van der Waals surface area contributed by atoms with Crippen molar-refractivity contribution in [1.29, 1.82) is 0 Å². The van der Waals surface area contributed by atoms with Crippen LogP contribution in [-0.2, 0) is 6.18 Å². The van der Waals surface area contributed by atoms with Crippen LogP contribution in [0.15, 0.2) is 18.2 Å². The molecule has 0 spiro atoms. The molecule has 1 heterocycles. The van der Waals surface area contributed by atoms with Crippen molar-refractivity contribution in [2.75, 3.05) is 32.0 Å². The van der Waals surface area contributed by atoms with Crippen molar-refractivity contribution in [3.8, 4) is 5.75 Å². The Morgan fingerprint density at radius 2 is 1.85 bits per heavy atom. The highest BCUT2D eigenvalue weighted by Gasteiger charge is 2.33. The van der Waals surface area contributed by atoms with Crippen LogP contribution in [0.2, 0.25) is 0 Å². The average molecular weight is 288 g/mol. The summed E-state index contributed by atoms with van der Waals surface area (Å²) in [5.41, 5.74) is 4.22. The van der Waals surface area contributed by atoms with E-state index in [0.29, 0.717) is 6.61 Å². The van der Waals surface area contributed by atoms with Gasteiger partial charge in [-0.3, -0.25) is 4.90 Å². The predicted molar refractivity (Wildman–Crippen MR) is 71.6 cm³/mol. The monoisotopic (exact) mass is 288 g/mol. The molecular weight excluding hydrogens is 269 g/mol. The molecular formula is C14H19F3N2O. The number of hydrogen-bond donors (Lipinski definition) is 1. The van der Waals surface area contributed by atoms with Crippen LogP contribution in [-0.4, -0.2) is 31.1 Å². The molecule has 1 aliphatic rings. The minimum Gasteiger partial charge on any atom is -0.492 e. The number of nitrogens with zero attached hydrogens (tertiary/aromatic N) is 1. The van der Waals surface area contributed by atoms with Gasteiger partial charge in [-0.25, -0.2) is 0 Å². The Balaban J connectivity index is 1.89. The Morgan fingerprint density at radius 3 is 2.50 bits per heavy atom. The van der Waals surface area contributed by atoms with Gasteiger partial charge in [-0.05, 0) is 44.1 Å². The smallest absolute Gasteiger partial charge is 0.418 e. The van der Waals surface area contributed by atoms with E-state index in [4.69, 9.17) is 10.5 Å². The molecule has 112 valence electrons. The lowest BCUT2D eigenvalue weighted by atomic mass is 10.1. The van der Waals surface area contributed by atoms with Gasteiger partial charge in [0, 0.05) is 12.2 Å². The zero-order valence-electron chi connectivity index (χ0n) is 11.2. The molecule has 0 aromatic heterocycles. The van der Waals surface area contributed by atoms with Crippen molar-refractivity contribution in [3.05, 3.63) is 23.8 Å². The third kappa shape index (κ3) is 4.03. The van der Waals surface area contributed by atoms with Crippen LogP contribution in [0.25, 0.3) is 0 Å². The number of nitrogen functional groups attached to an aromatic ring is 1. The number of piperidine rings is 1. The summed E-state index contributed by atoms with van der Waals surface area (Å²) in [6.07, 6.45) is -0.833. The molecule has 2 rings (SSSR count). The third-order valence-electron chi connectivity index (χ3n) is 3.46. The molecule has 1 fully saturated rings. The van der Waals surface area contributed by atoms with Crippen LogP contribution in [0.4, 0.5) is 18.9 Å². The quantitative estimate of drug-likeness (QED) is 0.865. The third-order valence-corrected chi connectivity index (χ3v) is 3.46. The minimum atomic E-state index is -4.45. The van der Waals surface area contributed by atoms with E-state index in [1.807, 2.05) is 0 Å². The molecule has 3 nitrogen and oxygen atoms in total. The lowest BCUT2D eigenvalue weighted by Gasteiger charge is -2.26. The SMILES string of the molecule is Nc1ccc(OCCN2CCCCC2)cc1C(F)(F)F. The maximum atomic E-state index is 12.7. The fraction of sp³-hybridized carbons (Fsp3) is 0.571. The van der Waals surface area contributed by atoms with Crippen molar-refractivity contribution in [1.82, 2.24) is 4.90 Å². The van der Waals surface area contributed by atoms with Gasteiger partial charge in [-0.2, -0.15) is 13.2 Å². The van der Waals surface area contributed by atoms with Crippen LogP contribution in [0.1, 0.15) is 24.8 Å². The van der Waals surface area contributed by atoms with Gasteiger partial charge in [0.1, 0.15) is 12.4 Å². The molecule has 2 N–H and O–H groups in total. The Kier molecular flexibility index (Phi) is 4.75. The molecule has 0 atom stereocenters. The van der Waals surface area contributed by atoms with Crippen LogP contribution >= 0.6 is 0 Å². The van der Waals surface area contributed by atoms with Crippen LogP contribution in [0, 0.1) is 0 Å². The highest BCUT2D eigenvalue weighted by molar-refractivity contribution is 5.51. The Bertz CT molecular complexity index is 443. The number of nitrogens with two attached hydrogens (primary N) is 1. The van der Waals surface area contributed by atoms with E-state index in [1.165, 1.54) is 31.4 Å². The first-order valence-corrected chi connectivity index (χ1v) is 6.79. The number of hydrogen-bond acceptors (Lipinski definition) is 3. The maximum Gasteiger partial charge on any atom is 0.418 e. The van der Waals surface area contributed by atoms with Gasteiger partial charge in [0.05, 0.1) is 5.56 Å². The van der Waals surface area contributed by atoms with Crippen molar-refractivity contribution in [2.45, 2.75) is 25.4 Å². The molecule has 6 heteroatoms. The molecule has 0 saturated carbocycles. The normalized spacial score (nSPS) is 17.1. The zero-order valence-corrected chi connectivity index (χ0v) is 11.2. The second kappa shape index (κ2) is 6.35. The number of alkyl halides is 3. The first-order valence-electron chi connectivity index (χ1n) is 6.79. The second-order valence-corrected chi connectivity index (χ2v) is 5.00. The highest BCUT2D eigenvalue weighted by atomic mass is 19.4. The number of benzene rings is 1. The topological polar surface area (TPSA) is 38.5 Å². The zero-order chi connectivity index (χ0) is 14.6. The fourth-order valence-corrected chi connectivity index (χ4v) is 2.35. The number of likely N-dealkylation sites (tertiary alicyclic amines) is 1. The van der Waals surface area contributed by atoms with Crippen LogP contribution in [0.3, 0.4) is 0 Å². The number of ether oxygens (including phenoxy) is 1. The standard InChI is InChI=1S/C14H19F3N2O/c15-14(16,17)12-10-11(4-5-13(12)18)20-9-8-19-6-2-1-3-7-19/h4-5,10H,1-3,6-9,18H2. The maximum absolute atomic E-state index is 12.7. The van der Waals surface area contributed by atoms with Crippen molar-refractivity contribution >= 4 is 5.69 Å². The average Bonchev–Trinajstić information content (AvgIpc) is 2.40. The lowest BCUT2D eigenvalue weighted by molar-refractivity contribution is -0.137. The molecule has 0 bridgehead atoms. The summed E-state index contributed by atoms with van der Waals surface area (Å²) >= 11 is 0. The van der Waals surface area contributed by atoms with Crippen molar-refractivity contribution in [2.24, 2.45) is 0 Å². The van der Waals surface area contributed by atoms with Gasteiger partial charge in [0.25, 0.3) is 0 Å². The first kappa shape index (κ1) is 15.0. The molecule has 1 aliphatic heterocycles. The van der Waals surface area contributed by atoms with Gasteiger partial charge in [0.15, 0.2) is 0 Å².